The zero-order valence-electron chi connectivity index (χ0n) is 15.5. The molecule has 0 fully saturated rings. The number of ether oxygens (including phenoxy) is 1. The summed E-state index contributed by atoms with van der Waals surface area (Å²) in [6.07, 6.45) is 1.27. The summed E-state index contributed by atoms with van der Waals surface area (Å²) in [5.74, 6) is -0.400. The standard InChI is InChI=1S/C20H14ClN3O6/c1-29-20(26)16-10-12(5-7-17(16)21)18-8-6-15(30-18)11-22-23-19(25)13-3-2-4-14(9-13)24(27)28/h2-11H,1H3,(H,23,25)/b22-11+. The van der Waals surface area contributed by atoms with Gasteiger partial charge in [-0.15, -0.1) is 0 Å². The van der Waals surface area contributed by atoms with Crippen LogP contribution < -0.4 is 5.43 Å². The van der Waals surface area contributed by atoms with Crippen LogP contribution in [0.15, 0.2) is 64.1 Å². The van der Waals surface area contributed by atoms with E-state index in [-0.39, 0.29) is 21.8 Å². The number of nitrogens with zero attached hydrogens (tertiary/aromatic N) is 2. The molecule has 0 bridgehead atoms. The van der Waals surface area contributed by atoms with Crippen LogP contribution in [-0.4, -0.2) is 30.1 Å². The van der Waals surface area contributed by atoms with Gasteiger partial charge in [0, 0.05) is 23.3 Å². The number of hydrogen-bond acceptors (Lipinski definition) is 7. The Labute approximate surface area is 175 Å². The third-order valence-electron chi connectivity index (χ3n) is 3.96. The van der Waals surface area contributed by atoms with E-state index in [0.717, 1.165) is 6.07 Å². The minimum Gasteiger partial charge on any atom is -0.465 e. The maximum absolute atomic E-state index is 12.1. The molecule has 0 unspecified atom stereocenters. The van der Waals surface area contributed by atoms with E-state index in [0.29, 0.717) is 17.1 Å². The number of amides is 1. The summed E-state index contributed by atoms with van der Waals surface area (Å²) in [5.41, 5.74) is 2.97. The Morgan fingerprint density at radius 2 is 2.00 bits per heavy atom. The van der Waals surface area contributed by atoms with E-state index < -0.39 is 16.8 Å². The summed E-state index contributed by atoms with van der Waals surface area (Å²) in [4.78, 5) is 34.0. The van der Waals surface area contributed by atoms with Gasteiger partial charge in [0.25, 0.3) is 11.6 Å². The molecule has 0 aliphatic rings. The second kappa shape index (κ2) is 9.01. The van der Waals surface area contributed by atoms with E-state index in [4.69, 9.17) is 20.8 Å². The first-order chi connectivity index (χ1) is 14.4. The van der Waals surface area contributed by atoms with Crippen LogP contribution in [0.1, 0.15) is 26.5 Å². The van der Waals surface area contributed by atoms with Crippen molar-refractivity contribution < 1.29 is 23.7 Å². The molecule has 2 aromatic carbocycles. The number of benzene rings is 2. The van der Waals surface area contributed by atoms with E-state index in [9.17, 15) is 19.7 Å². The fraction of sp³-hybridized carbons (Fsp3) is 0.0500. The van der Waals surface area contributed by atoms with Crippen molar-refractivity contribution in [1.82, 2.24) is 5.43 Å². The molecule has 10 heteroatoms. The van der Waals surface area contributed by atoms with Gasteiger partial charge < -0.3 is 9.15 Å². The average Bonchev–Trinajstić information content (AvgIpc) is 3.22. The van der Waals surface area contributed by atoms with Gasteiger partial charge in [0.1, 0.15) is 11.5 Å². The quantitative estimate of drug-likeness (QED) is 0.274. The maximum atomic E-state index is 12.1. The van der Waals surface area contributed by atoms with Crippen LogP contribution in [0, 0.1) is 10.1 Å². The number of carbonyl (C=O) groups is 2. The van der Waals surface area contributed by atoms with Gasteiger partial charge in [-0.05, 0) is 36.4 Å². The summed E-state index contributed by atoms with van der Waals surface area (Å²) in [7, 11) is 1.26. The van der Waals surface area contributed by atoms with Gasteiger partial charge in [-0.2, -0.15) is 5.10 Å². The van der Waals surface area contributed by atoms with Gasteiger partial charge in [-0.25, -0.2) is 10.2 Å². The number of carbonyl (C=O) groups excluding carboxylic acids is 2. The number of rotatable bonds is 6. The third kappa shape index (κ3) is 4.70. The predicted octanol–water partition coefficient (Wildman–Crippen LogP) is 4.06. The zero-order chi connectivity index (χ0) is 21.7. The number of non-ortho nitro benzene ring substituents is 1. The van der Waals surface area contributed by atoms with Gasteiger partial charge >= 0.3 is 5.97 Å². The van der Waals surface area contributed by atoms with Crippen LogP contribution in [0.3, 0.4) is 0 Å². The largest absolute Gasteiger partial charge is 0.465 e. The van der Waals surface area contributed by atoms with Crippen LogP contribution in [0.25, 0.3) is 11.3 Å². The summed E-state index contributed by atoms with van der Waals surface area (Å²) in [6.45, 7) is 0. The lowest BCUT2D eigenvalue weighted by Gasteiger charge is -2.04. The molecule has 0 spiro atoms. The summed E-state index contributed by atoms with van der Waals surface area (Å²) in [5, 5.41) is 14.8. The number of nitrogens with one attached hydrogen (secondary N) is 1. The first-order valence-electron chi connectivity index (χ1n) is 8.45. The first kappa shape index (κ1) is 20.7. The third-order valence-corrected chi connectivity index (χ3v) is 4.29. The molecule has 9 nitrogen and oxygen atoms in total. The minimum absolute atomic E-state index is 0.0954. The first-order valence-corrected chi connectivity index (χ1v) is 8.83. The minimum atomic E-state index is -0.609. The molecule has 0 saturated carbocycles. The molecule has 1 aromatic heterocycles. The van der Waals surface area contributed by atoms with Crippen molar-refractivity contribution in [3.05, 3.63) is 86.6 Å². The van der Waals surface area contributed by atoms with E-state index in [2.05, 4.69) is 10.5 Å². The summed E-state index contributed by atoms with van der Waals surface area (Å²) in [6, 6.07) is 13.3. The second-order valence-corrected chi connectivity index (χ2v) is 6.30. The Balaban J connectivity index is 1.71. The van der Waals surface area contributed by atoms with Crippen LogP contribution in [0.2, 0.25) is 5.02 Å². The lowest BCUT2D eigenvalue weighted by atomic mass is 10.1. The molecule has 1 heterocycles. The lowest BCUT2D eigenvalue weighted by molar-refractivity contribution is -0.384. The Bertz CT molecular complexity index is 1150. The maximum Gasteiger partial charge on any atom is 0.339 e. The summed E-state index contributed by atoms with van der Waals surface area (Å²) < 4.78 is 10.3. The van der Waals surface area contributed by atoms with Crippen LogP contribution in [0.4, 0.5) is 5.69 Å². The Kier molecular flexibility index (Phi) is 6.23. The van der Waals surface area contributed by atoms with Gasteiger partial charge in [0.2, 0.25) is 0 Å². The molecule has 0 atom stereocenters. The Morgan fingerprint density at radius 3 is 2.73 bits per heavy atom. The fourth-order valence-electron chi connectivity index (χ4n) is 2.50. The molecule has 0 saturated heterocycles. The number of esters is 1. The van der Waals surface area contributed by atoms with E-state index in [1.165, 1.54) is 37.6 Å². The molecule has 0 radical (unpaired) electrons. The van der Waals surface area contributed by atoms with Crippen LogP contribution in [0.5, 0.6) is 0 Å². The topological polar surface area (TPSA) is 124 Å². The lowest BCUT2D eigenvalue weighted by Crippen LogP contribution is -2.17. The van der Waals surface area contributed by atoms with Crippen molar-refractivity contribution in [2.45, 2.75) is 0 Å². The van der Waals surface area contributed by atoms with Gasteiger partial charge in [0.15, 0.2) is 0 Å². The van der Waals surface area contributed by atoms with Crippen molar-refractivity contribution >= 4 is 35.4 Å². The monoisotopic (exact) mass is 427 g/mol. The number of furan rings is 1. The van der Waals surface area contributed by atoms with Gasteiger partial charge in [-0.1, -0.05) is 17.7 Å². The van der Waals surface area contributed by atoms with Crippen molar-refractivity contribution in [2.24, 2.45) is 5.10 Å². The molecule has 3 rings (SSSR count). The average molecular weight is 428 g/mol. The van der Waals surface area contributed by atoms with Crippen molar-refractivity contribution in [2.75, 3.05) is 7.11 Å². The molecule has 1 N–H and O–H groups in total. The van der Waals surface area contributed by atoms with Crippen LogP contribution in [-0.2, 0) is 4.74 Å². The summed E-state index contributed by atoms with van der Waals surface area (Å²) >= 11 is 6.01. The molecule has 3 aromatic rings. The van der Waals surface area contributed by atoms with Gasteiger partial charge in [0.05, 0.1) is 28.8 Å². The Hall–Kier alpha value is -3.98. The fourth-order valence-corrected chi connectivity index (χ4v) is 2.70. The van der Waals surface area contributed by atoms with Crippen molar-refractivity contribution in [3.63, 3.8) is 0 Å². The molecule has 0 aliphatic carbocycles. The van der Waals surface area contributed by atoms with Gasteiger partial charge in [-0.3, -0.25) is 14.9 Å². The number of nitro benzene ring substituents is 1. The van der Waals surface area contributed by atoms with E-state index >= 15 is 0 Å². The number of halogens is 1. The molecule has 152 valence electrons. The highest BCUT2D eigenvalue weighted by atomic mass is 35.5. The number of methoxy groups -OCH3 is 1. The molecular weight excluding hydrogens is 414 g/mol. The van der Waals surface area contributed by atoms with Crippen LogP contribution >= 0.6 is 11.6 Å². The number of hydrazone groups is 1. The highest BCUT2D eigenvalue weighted by molar-refractivity contribution is 6.33. The zero-order valence-corrected chi connectivity index (χ0v) is 16.3. The smallest absolute Gasteiger partial charge is 0.339 e. The SMILES string of the molecule is COC(=O)c1cc(-c2ccc(/C=N/NC(=O)c3cccc([N+](=O)[O-])c3)o2)ccc1Cl. The van der Waals surface area contributed by atoms with E-state index in [1.807, 2.05) is 0 Å². The molecule has 0 aliphatic heterocycles. The second-order valence-electron chi connectivity index (χ2n) is 5.89. The van der Waals surface area contributed by atoms with Crippen molar-refractivity contribution in [1.29, 1.82) is 0 Å². The molecular formula is C20H14ClN3O6. The molecule has 1 amide bonds. The highest BCUT2D eigenvalue weighted by Crippen LogP contribution is 2.27. The highest BCUT2D eigenvalue weighted by Gasteiger charge is 2.14. The van der Waals surface area contributed by atoms with E-state index in [1.54, 1.807) is 24.3 Å². The normalized spacial score (nSPS) is 10.7. The Morgan fingerprint density at radius 1 is 1.20 bits per heavy atom. The number of nitro groups is 1. The van der Waals surface area contributed by atoms with Crippen molar-refractivity contribution in [3.8, 4) is 11.3 Å². The number of hydrogen-bond donors (Lipinski definition) is 1. The molecule has 30 heavy (non-hydrogen) atoms. The predicted molar refractivity (Wildman–Crippen MR) is 109 cm³/mol.